The molecule has 24 heavy (non-hydrogen) atoms. The lowest BCUT2D eigenvalue weighted by Crippen LogP contribution is -2.04. The highest BCUT2D eigenvalue weighted by Crippen LogP contribution is 2.26. The number of nitrogen functional groups attached to an aromatic ring is 1. The number of hydrogen-bond acceptors (Lipinski definition) is 7. The fourth-order valence-corrected chi connectivity index (χ4v) is 2.11. The minimum absolute atomic E-state index is 0.151. The first kappa shape index (κ1) is 15.8. The quantitative estimate of drug-likeness (QED) is 0.609. The van der Waals surface area contributed by atoms with E-state index < -0.39 is 0 Å². The average Bonchev–Trinajstić information content (AvgIpc) is 2.60. The van der Waals surface area contributed by atoms with Gasteiger partial charge >= 0.3 is 0 Å². The monoisotopic (exact) mass is 342 g/mol. The van der Waals surface area contributed by atoms with Crippen LogP contribution in [0.5, 0.6) is 5.75 Å². The summed E-state index contributed by atoms with van der Waals surface area (Å²) in [7, 11) is 1.61. The Morgan fingerprint density at radius 1 is 1.00 bits per heavy atom. The number of nitrogens with zero attached hydrogens (tertiary/aromatic N) is 3. The highest BCUT2D eigenvalue weighted by molar-refractivity contribution is 6.31. The van der Waals surface area contributed by atoms with E-state index >= 15 is 0 Å². The van der Waals surface area contributed by atoms with Crippen molar-refractivity contribution in [3.8, 4) is 5.75 Å². The molecule has 3 aromatic rings. The zero-order valence-electron chi connectivity index (χ0n) is 12.8. The van der Waals surface area contributed by atoms with Crippen LogP contribution in [-0.4, -0.2) is 22.3 Å². The Morgan fingerprint density at radius 2 is 1.75 bits per heavy atom. The Balaban J connectivity index is 1.81. The molecule has 0 fully saturated rings. The van der Waals surface area contributed by atoms with Crippen LogP contribution in [0.1, 0.15) is 0 Å². The predicted molar refractivity (Wildman–Crippen MR) is 95.3 cm³/mol. The molecule has 122 valence electrons. The van der Waals surface area contributed by atoms with Crippen LogP contribution in [0.25, 0.3) is 0 Å². The van der Waals surface area contributed by atoms with Gasteiger partial charge in [0, 0.05) is 5.69 Å². The molecule has 0 bridgehead atoms. The number of halogens is 1. The Morgan fingerprint density at radius 3 is 2.46 bits per heavy atom. The number of benzene rings is 2. The van der Waals surface area contributed by atoms with E-state index in [0.717, 1.165) is 11.4 Å². The number of nitrogens with one attached hydrogen (secondary N) is 2. The van der Waals surface area contributed by atoms with E-state index in [2.05, 4.69) is 25.8 Å². The Hall–Kier alpha value is -3.06. The van der Waals surface area contributed by atoms with Crippen molar-refractivity contribution in [1.82, 2.24) is 15.2 Å². The Kier molecular flexibility index (Phi) is 4.62. The van der Waals surface area contributed by atoms with Crippen LogP contribution in [0.3, 0.4) is 0 Å². The van der Waals surface area contributed by atoms with Gasteiger partial charge in [-0.3, -0.25) is 0 Å². The number of rotatable bonds is 5. The molecule has 8 heteroatoms. The van der Waals surface area contributed by atoms with Crippen LogP contribution >= 0.6 is 11.6 Å². The fraction of sp³-hybridized carbons (Fsp3) is 0.0625. The maximum atomic E-state index is 6.06. The van der Waals surface area contributed by atoms with Crippen molar-refractivity contribution < 1.29 is 4.74 Å². The fourth-order valence-electron chi connectivity index (χ4n) is 1.99. The molecule has 0 saturated carbocycles. The normalized spacial score (nSPS) is 10.2. The van der Waals surface area contributed by atoms with E-state index in [9.17, 15) is 0 Å². The molecule has 1 aromatic heterocycles. The second-order valence-electron chi connectivity index (χ2n) is 4.84. The summed E-state index contributed by atoms with van der Waals surface area (Å²) in [4.78, 5) is 4.33. The van der Waals surface area contributed by atoms with Gasteiger partial charge in [0.25, 0.3) is 0 Å². The van der Waals surface area contributed by atoms with Crippen molar-refractivity contribution in [2.24, 2.45) is 0 Å². The number of ether oxygens (including phenoxy) is 1. The lowest BCUT2D eigenvalue weighted by Gasteiger charge is -2.11. The Bertz CT molecular complexity index is 840. The predicted octanol–water partition coefficient (Wildman–Crippen LogP) is 3.60. The molecule has 4 N–H and O–H groups in total. The first-order valence-electron chi connectivity index (χ1n) is 7.08. The third kappa shape index (κ3) is 3.64. The summed E-state index contributed by atoms with van der Waals surface area (Å²) < 4.78 is 5.12. The van der Waals surface area contributed by atoms with Gasteiger partial charge in [-0.2, -0.15) is 4.98 Å². The molecule has 0 aliphatic carbocycles. The molecule has 1 heterocycles. The maximum absolute atomic E-state index is 6.06. The van der Waals surface area contributed by atoms with E-state index in [4.69, 9.17) is 22.1 Å². The molecule has 3 rings (SSSR count). The van der Waals surface area contributed by atoms with Gasteiger partial charge in [0.1, 0.15) is 5.75 Å². The highest BCUT2D eigenvalue weighted by atomic mass is 35.5. The van der Waals surface area contributed by atoms with Crippen LogP contribution < -0.4 is 21.1 Å². The van der Waals surface area contributed by atoms with Gasteiger partial charge in [-0.15, -0.1) is 10.2 Å². The molecule has 0 saturated heterocycles. The number of nitrogens with two attached hydrogens (primary N) is 1. The van der Waals surface area contributed by atoms with Crippen molar-refractivity contribution in [3.05, 3.63) is 53.7 Å². The Labute approximate surface area is 143 Å². The van der Waals surface area contributed by atoms with E-state index in [1.54, 1.807) is 13.2 Å². The third-order valence-corrected chi connectivity index (χ3v) is 3.46. The molecule has 0 unspecified atom stereocenters. The summed E-state index contributed by atoms with van der Waals surface area (Å²) in [5.41, 5.74) is 7.98. The van der Waals surface area contributed by atoms with Gasteiger partial charge < -0.3 is 21.1 Å². The first-order valence-corrected chi connectivity index (χ1v) is 7.46. The van der Waals surface area contributed by atoms with E-state index in [-0.39, 0.29) is 5.15 Å². The zero-order valence-corrected chi connectivity index (χ0v) is 13.6. The second kappa shape index (κ2) is 7.01. The molecule has 0 amide bonds. The van der Waals surface area contributed by atoms with Crippen molar-refractivity contribution in [1.29, 1.82) is 0 Å². The lowest BCUT2D eigenvalue weighted by atomic mass is 10.3. The van der Waals surface area contributed by atoms with Gasteiger partial charge in [-0.1, -0.05) is 23.7 Å². The number of para-hydroxylation sites is 2. The van der Waals surface area contributed by atoms with Gasteiger partial charge in [-0.05, 0) is 36.4 Å². The van der Waals surface area contributed by atoms with Crippen molar-refractivity contribution in [2.45, 2.75) is 0 Å². The second-order valence-corrected chi connectivity index (χ2v) is 5.20. The number of methoxy groups -OCH3 is 1. The first-order chi connectivity index (χ1) is 11.7. The van der Waals surface area contributed by atoms with Crippen molar-refractivity contribution in [2.75, 3.05) is 23.5 Å². The minimum Gasteiger partial charge on any atom is -0.497 e. The van der Waals surface area contributed by atoms with E-state index in [1.807, 2.05) is 42.5 Å². The maximum Gasteiger partial charge on any atom is 0.249 e. The lowest BCUT2D eigenvalue weighted by molar-refractivity contribution is 0.415. The molecular weight excluding hydrogens is 328 g/mol. The SMILES string of the molecule is COc1ccc(Nc2nnc(Cl)c(Nc3ccccc3N)n2)cc1. The van der Waals surface area contributed by atoms with Crippen LogP contribution in [0.15, 0.2) is 48.5 Å². The summed E-state index contributed by atoms with van der Waals surface area (Å²) in [6, 6.07) is 14.7. The third-order valence-electron chi connectivity index (χ3n) is 3.21. The standard InChI is InChI=1S/C16H15ClN6O/c1-24-11-8-6-10(7-9-11)19-16-21-15(14(17)22-23-16)20-13-5-3-2-4-12(13)18/h2-9H,18H2,1H3,(H2,19,20,21,23). The van der Waals surface area contributed by atoms with Crippen LogP contribution in [-0.2, 0) is 0 Å². The largest absolute Gasteiger partial charge is 0.497 e. The molecule has 7 nitrogen and oxygen atoms in total. The van der Waals surface area contributed by atoms with Crippen LogP contribution in [0.2, 0.25) is 5.15 Å². The summed E-state index contributed by atoms with van der Waals surface area (Å²) in [5, 5.41) is 14.1. The highest BCUT2D eigenvalue weighted by Gasteiger charge is 2.09. The van der Waals surface area contributed by atoms with Crippen LogP contribution in [0, 0.1) is 0 Å². The number of aromatic nitrogens is 3. The number of anilines is 5. The van der Waals surface area contributed by atoms with Crippen molar-refractivity contribution in [3.63, 3.8) is 0 Å². The molecule has 0 aliphatic rings. The summed E-state index contributed by atoms with van der Waals surface area (Å²) in [6.07, 6.45) is 0. The molecule has 0 aliphatic heterocycles. The van der Waals surface area contributed by atoms with Gasteiger partial charge in [0.15, 0.2) is 11.0 Å². The van der Waals surface area contributed by atoms with Crippen LogP contribution in [0.4, 0.5) is 28.8 Å². The minimum atomic E-state index is 0.151. The van der Waals surface area contributed by atoms with Gasteiger partial charge in [0.05, 0.1) is 18.5 Å². The zero-order chi connectivity index (χ0) is 16.9. The topological polar surface area (TPSA) is 98.0 Å². The molecule has 2 aromatic carbocycles. The smallest absolute Gasteiger partial charge is 0.249 e. The average molecular weight is 343 g/mol. The molecule has 0 atom stereocenters. The summed E-state index contributed by atoms with van der Waals surface area (Å²) >= 11 is 6.06. The van der Waals surface area contributed by atoms with Gasteiger partial charge in [-0.25, -0.2) is 0 Å². The summed E-state index contributed by atoms with van der Waals surface area (Å²) in [5.74, 6) is 1.43. The van der Waals surface area contributed by atoms with Gasteiger partial charge in [0.2, 0.25) is 5.95 Å². The molecule has 0 radical (unpaired) electrons. The van der Waals surface area contributed by atoms with E-state index in [1.165, 1.54) is 0 Å². The molecular formula is C16H15ClN6O. The number of hydrogen-bond donors (Lipinski definition) is 3. The van der Waals surface area contributed by atoms with Crippen molar-refractivity contribution >= 4 is 40.4 Å². The summed E-state index contributed by atoms with van der Waals surface area (Å²) in [6.45, 7) is 0. The van der Waals surface area contributed by atoms with E-state index in [0.29, 0.717) is 23.1 Å². The molecule has 0 spiro atoms.